The molecule has 0 unspecified atom stereocenters. The first-order chi connectivity index (χ1) is 18.9. The van der Waals surface area contributed by atoms with Crippen LogP contribution in [0.15, 0.2) is 140 Å². The average Bonchev–Trinajstić information content (AvgIpc) is 3.01. The summed E-state index contributed by atoms with van der Waals surface area (Å²) in [4.78, 5) is 6.70. The van der Waals surface area contributed by atoms with Crippen LogP contribution >= 0.6 is 0 Å². The number of rotatable bonds is 2. The van der Waals surface area contributed by atoms with Crippen LogP contribution in [0.3, 0.4) is 0 Å². The van der Waals surface area contributed by atoms with Crippen LogP contribution in [0.25, 0.3) is 44.5 Å². The van der Waals surface area contributed by atoms with Crippen LogP contribution in [0.1, 0.15) is 0 Å². The van der Waals surface area contributed by atoms with Crippen molar-refractivity contribution in [3.8, 4) is 44.5 Å². The van der Waals surface area contributed by atoms with Gasteiger partial charge in [-0.3, -0.25) is 4.98 Å². The summed E-state index contributed by atoms with van der Waals surface area (Å²) >= 11 is 0. The molecule has 0 atom stereocenters. The van der Waals surface area contributed by atoms with Gasteiger partial charge in [0, 0.05) is 34.9 Å². The predicted molar refractivity (Wildman–Crippen MR) is 160 cm³/mol. The third-order valence-electron chi connectivity index (χ3n) is 8.00. The molecule has 0 saturated heterocycles. The van der Waals surface area contributed by atoms with Crippen molar-refractivity contribution < 1.29 is 0 Å². The Morgan fingerprint density at radius 3 is 1.61 bits per heavy atom. The highest BCUT2D eigenvalue weighted by molar-refractivity contribution is 6.92. The van der Waals surface area contributed by atoms with Gasteiger partial charge < -0.3 is 4.81 Å². The zero-order valence-electron chi connectivity index (χ0n) is 20.8. The summed E-state index contributed by atoms with van der Waals surface area (Å²) in [6, 6.07) is 46.5. The molecule has 6 aromatic rings. The molecule has 176 valence electrons. The molecule has 2 aliphatic rings. The lowest BCUT2D eigenvalue weighted by molar-refractivity contribution is 1.33. The first-order valence-electron chi connectivity index (χ1n) is 13.1. The molecule has 0 spiro atoms. The van der Waals surface area contributed by atoms with Crippen LogP contribution in [0.2, 0.25) is 0 Å². The summed E-state index contributed by atoms with van der Waals surface area (Å²) in [7, 11) is 0. The molecule has 8 rings (SSSR count). The van der Waals surface area contributed by atoms with Crippen LogP contribution in [-0.2, 0) is 0 Å². The minimum atomic E-state index is 0.113. The van der Waals surface area contributed by atoms with E-state index in [0.29, 0.717) is 0 Å². The average molecular weight is 482 g/mol. The van der Waals surface area contributed by atoms with Gasteiger partial charge in [-0.2, -0.15) is 0 Å². The summed E-state index contributed by atoms with van der Waals surface area (Å²) in [5.41, 5.74) is 15.3. The summed E-state index contributed by atoms with van der Waals surface area (Å²) in [6.45, 7) is 0.113. The van der Waals surface area contributed by atoms with Gasteiger partial charge in [0.05, 0.1) is 0 Å². The Bertz CT molecular complexity index is 1830. The van der Waals surface area contributed by atoms with Crippen LogP contribution in [-0.4, -0.2) is 11.8 Å². The van der Waals surface area contributed by atoms with Gasteiger partial charge in [0.15, 0.2) is 0 Å². The molecule has 0 bridgehead atoms. The van der Waals surface area contributed by atoms with Crippen molar-refractivity contribution in [3.63, 3.8) is 0 Å². The zero-order valence-corrected chi connectivity index (χ0v) is 20.8. The van der Waals surface area contributed by atoms with Crippen molar-refractivity contribution in [3.05, 3.63) is 140 Å². The molecule has 0 fully saturated rings. The number of benzene rings is 5. The maximum absolute atomic E-state index is 4.15. The van der Waals surface area contributed by atoms with E-state index in [0.717, 1.165) is 0 Å². The first-order valence-corrected chi connectivity index (χ1v) is 13.1. The van der Waals surface area contributed by atoms with Crippen LogP contribution in [0.4, 0.5) is 11.4 Å². The fraction of sp³-hybridized carbons (Fsp3) is 0. The Hall–Kier alpha value is -4.89. The van der Waals surface area contributed by atoms with Gasteiger partial charge in [-0.15, -0.1) is 0 Å². The fourth-order valence-corrected chi connectivity index (χ4v) is 6.27. The lowest BCUT2D eigenvalue weighted by Crippen LogP contribution is -2.59. The van der Waals surface area contributed by atoms with Gasteiger partial charge in [0.1, 0.15) is 0 Å². The van der Waals surface area contributed by atoms with Gasteiger partial charge in [-0.1, -0.05) is 103 Å². The van der Waals surface area contributed by atoms with E-state index in [1.165, 1.54) is 66.8 Å². The van der Waals surface area contributed by atoms with E-state index >= 15 is 0 Å². The molecule has 2 aliphatic heterocycles. The van der Waals surface area contributed by atoms with E-state index in [2.05, 4.69) is 137 Å². The number of hydrogen-bond acceptors (Lipinski definition) is 2. The number of anilines is 2. The van der Waals surface area contributed by atoms with Crippen LogP contribution in [0.5, 0.6) is 0 Å². The molecule has 38 heavy (non-hydrogen) atoms. The Morgan fingerprint density at radius 1 is 0.421 bits per heavy atom. The topological polar surface area (TPSA) is 16.1 Å². The lowest BCUT2D eigenvalue weighted by Gasteiger charge is -2.43. The van der Waals surface area contributed by atoms with Gasteiger partial charge in [0.25, 0.3) is 0 Å². The van der Waals surface area contributed by atoms with E-state index in [-0.39, 0.29) is 6.85 Å². The van der Waals surface area contributed by atoms with E-state index in [1.54, 1.807) is 0 Å². The molecular weight excluding hydrogens is 459 g/mol. The quantitative estimate of drug-likeness (QED) is 0.241. The second-order valence-electron chi connectivity index (χ2n) is 10.0. The molecule has 1 aromatic heterocycles. The van der Waals surface area contributed by atoms with E-state index in [1.807, 2.05) is 12.4 Å². The van der Waals surface area contributed by atoms with E-state index < -0.39 is 0 Å². The van der Waals surface area contributed by atoms with Crippen LogP contribution in [0, 0.1) is 0 Å². The molecule has 0 aliphatic carbocycles. The Kier molecular flexibility index (Phi) is 4.65. The number of pyridine rings is 1. The molecule has 2 nitrogen and oxygen atoms in total. The third-order valence-corrected chi connectivity index (χ3v) is 8.00. The van der Waals surface area contributed by atoms with Gasteiger partial charge >= 0.3 is 6.85 Å². The summed E-state index contributed by atoms with van der Waals surface area (Å²) in [5, 5.41) is 0. The lowest BCUT2D eigenvalue weighted by atomic mass is 9.43. The number of aromatic nitrogens is 1. The highest BCUT2D eigenvalue weighted by Crippen LogP contribution is 2.45. The Balaban J connectivity index is 1.33. The highest BCUT2D eigenvalue weighted by Gasteiger charge is 2.41. The summed E-state index contributed by atoms with van der Waals surface area (Å²) in [5.74, 6) is 0. The van der Waals surface area contributed by atoms with Crippen LogP contribution < -0.4 is 15.7 Å². The van der Waals surface area contributed by atoms with Crippen molar-refractivity contribution >= 4 is 29.1 Å². The van der Waals surface area contributed by atoms with Crippen molar-refractivity contribution in [2.24, 2.45) is 0 Å². The Morgan fingerprint density at radius 2 is 0.921 bits per heavy atom. The van der Waals surface area contributed by atoms with Gasteiger partial charge in [0.2, 0.25) is 0 Å². The van der Waals surface area contributed by atoms with Gasteiger partial charge in [-0.25, -0.2) is 0 Å². The highest BCUT2D eigenvalue weighted by atomic mass is 15.1. The Labute approximate surface area is 223 Å². The first kappa shape index (κ1) is 21.2. The zero-order chi connectivity index (χ0) is 25.1. The molecule has 3 heteroatoms. The minimum Gasteiger partial charge on any atom is -0.376 e. The van der Waals surface area contributed by atoms with Crippen molar-refractivity contribution in [2.45, 2.75) is 0 Å². The number of hydrogen-bond donors (Lipinski definition) is 0. The number of nitrogens with zero attached hydrogens (tertiary/aromatic N) is 2. The largest absolute Gasteiger partial charge is 0.376 e. The molecule has 0 radical (unpaired) electrons. The second-order valence-corrected chi connectivity index (χ2v) is 10.0. The standard InChI is InChI=1S/C35H23BN2/c1-4-10-32-28(7-1)30-8-2-5-11-34(30)38-35-12-6-3-9-31(35)29-18-17-27(23-33(29)36(32)38)25-15-13-24(14-16-25)26-19-21-37-22-20-26/h1-23H. The number of para-hydroxylation sites is 2. The molecular formula is C35H23BN2. The van der Waals surface area contributed by atoms with Crippen molar-refractivity contribution in [1.29, 1.82) is 0 Å². The molecule has 5 aromatic carbocycles. The number of fused-ring (bicyclic) bond motifs is 11. The molecule has 0 N–H and O–H groups in total. The normalized spacial score (nSPS) is 12.6. The van der Waals surface area contributed by atoms with Crippen molar-refractivity contribution in [2.75, 3.05) is 4.81 Å². The molecule has 0 amide bonds. The second kappa shape index (κ2) is 8.32. The summed E-state index contributed by atoms with van der Waals surface area (Å²) in [6.07, 6.45) is 3.69. The molecule has 0 saturated carbocycles. The smallest absolute Gasteiger partial charge is 0.329 e. The minimum absolute atomic E-state index is 0.113. The van der Waals surface area contributed by atoms with E-state index in [9.17, 15) is 0 Å². The van der Waals surface area contributed by atoms with Gasteiger partial charge in [-0.05, 0) is 68.6 Å². The fourth-order valence-electron chi connectivity index (χ4n) is 6.27. The maximum atomic E-state index is 4.15. The van der Waals surface area contributed by atoms with E-state index in [4.69, 9.17) is 0 Å². The predicted octanol–water partition coefficient (Wildman–Crippen LogP) is 7.32. The third kappa shape index (κ3) is 3.12. The SMILES string of the molecule is c1ccc2c(c1)B1c3cc(-c4ccc(-c5ccncc5)cc4)ccc3-c3ccccc3N1c1ccccc1-2. The monoisotopic (exact) mass is 482 g/mol. The van der Waals surface area contributed by atoms with Crippen molar-refractivity contribution in [1.82, 2.24) is 4.98 Å². The summed E-state index contributed by atoms with van der Waals surface area (Å²) < 4.78 is 0. The molecule has 3 heterocycles. The maximum Gasteiger partial charge on any atom is 0.329 e.